The van der Waals surface area contributed by atoms with E-state index in [1.165, 1.54) is 6.92 Å². The first kappa shape index (κ1) is 18.3. The third-order valence-corrected chi connectivity index (χ3v) is 5.56. The second kappa shape index (κ2) is 6.99. The molecule has 10 heteroatoms. The summed E-state index contributed by atoms with van der Waals surface area (Å²) in [5.41, 5.74) is -0.285. The number of sulfonamides is 1. The molecule has 0 spiro atoms. The lowest BCUT2D eigenvalue weighted by Crippen LogP contribution is -2.43. The number of carbonyl (C=O) groups excluding carboxylic acids is 1. The molecule has 0 aromatic carbocycles. The van der Waals surface area contributed by atoms with E-state index < -0.39 is 10.0 Å². The van der Waals surface area contributed by atoms with E-state index in [9.17, 15) is 13.2 Å². The molecule has 0 aliphatic rings. The van der Waals surface area contributed by atoms with E-state index in [0.29, 0.717) is 12.3 Å². The fourth-order valence-electron chi connectivity index (χ4n) is 1.53. The van der Waals surface area contributed by atoms with E-state index in [0.717, 1.165) is 11.3 Å². The number of carbonyl (C=O) groups is 1. The Bertz CT molecular complexity index is 595. The van der Waals surface area contributed by atoms with Crippen LogP contribution in [0.1, 0.15) is 34.1 Å². The lowest BCUT2D eigenvalue weighted by Gasteiger charge is -2.30. The number of nitrogens with one attached hydrogen (secondary N) is 2. The molecule has 21 heavy (non-hydrogen) atoms. The van der Waals surface area contributed by atoms with Crippen LogP contribution in [0.25, 0.3) is 0 Å². The zero-order valence-corrected chi connectivity index (χ0v) is 14.7. The Morgan fingerprint density at radius 2 is 2.00 bits per heavy atom. The van der Waals surface area contributed by atoms with Crippen molar-refractivity contribution in [3.63, 3.8) is 0 Å². The topological polar surface area (TPSA) is 101 Å². The van der Waals surface area contributed by atoms with Crippen molar-refractivity contribution in [3.05, 3.63) is 0 Å². The number of alkyl halides is 1. The second-order valence-electron chi connectivity index (χ2n) is 5.57. The maximum Gasteiger partial charge on any atom is 0.270 e. The Balaban J connectivity index is 2.94. The Morgan fingerprint density at radius 1 is 1.38 bits per heavy atom. The highest BCUT2D eigenvalue weighted by Crippen LogP contribution is 2.26. The van der Waals surface area contributed by atoms with Gasteiger partial charge in [-0.1, -0.05) is 32.1 Å². The van der Waals surface area contributed by atoms with Crippen molar-refractivity contribution in [3.8, 4) is 0 Å². The van der Waals surface area contributed by atoms with Crippen LogP contribution in [-0.4, -0.2) is 36.4 Å². The number of rotatable bonds is 6. The van der Waals surface area contributed by atoms with Gasteiger partial charge in [0.15, 0.2) is 0 Å². The Hall–Kier alpha value is -0.770. The zero-order chi connectivity index (χ0) is 16.3. The summed E-state index contributed by atoms with van der Waals surface area (Å²) in [5.74, 6) is 0.00956. The molecule has 2 N–H and O–H groups in total. The van der Waals surface area contributed by atoms with E-state index in [4.69, 9.17) is 11.6 Å². The van der Waals surface area contributed by atoms with Crippen LogP contribution in [0.4, 0.5) is 5.13 Å². The van der Waals surface area contributed by atoms with E-state index in [1.807, 2.05) is 20.8 Å². The smallest absolute Gasteiger partial charge is 0.270 e. The maximum absolute atomic E-state index is 12.3. The van der Waals surface area contributed by atoms with E-state index in [1.54, 1.807) is 0 Å². The number of aromatic nitrogens is 2. The Morgan fingerprint density at radius 3 is 2.48 bits per heavy atom. The molecule has 120 valence electrons. The molecular formula is C11H19ClN4O3S2. The quantitative estimate of drug-likeness (QED) is 0.599. The van der Waals surface area contributed by atoms with E-state index in [-0.39, 0.29) is 26.8 Å². The first-order chi connectivity index (χ1) is 9.56. The van der Waals surface area contributed by atoms with Crippen molar-refractivity contribution in [1.29, 1.82) is 0 Å². The van der Waals surface area contributed by atoms with Gasteiger partial charge in [0.2, 0.25) is 15.4 Å². The molecule has 0 aliphatic carbocycles. The van der Waals surface area contributed by atoms with Crippen LogP contribution in [0.15, 0.2) is 4.34 Å². The summed E-state index contributed by atoms with van der Waals surface area (Å²) in [7, 11) is -3.79. The van der Waals surface area contributed by atoms with Gasteiger partial charge >= 0.3 is 0 Å². The maximum atomic E-state index is 12.3. The molecule has 0 aliphatic heterocycles. The molecule has 0 saturated heterocycles. The van der Waals surface area contributed by atoms with Crippen molar-refractivity contribution in [1.82, 2.24) is 14.9 Å². The molecule has 0 fully saturated rings. The first-order valence-corrected chi connectivity index (χ1v) is 9.09. The lowest BCUT2D eigenvalue weighted by molar-refractivity contribution is -0.114. The minimum absolute atomic E-state index is 0.146. The Kier molecular flexibility index (Phi) is 6.09. The average Bonchev–Trinajstić information content (AvgIpc) is 2.75. The third kappa shape index (κ3) is 5.50. The fraction of sp³-hybridized carbons (Fsp3) is 0.727. The number of amides is 1. The van der Waals surface area contributed by atoms with E-state index in [2.05, 4.69) is 20.2 Å². The van der Waals surface area contributed by atoms with Crippen molar-refractivity contribution in [2.45, 2.75) is 44.5 Å². The molecule has 0 saturated carbocycles. The van der Waals surface area contributed by atoms with Gasteiger partial charge in [-0.05, 0) is 11.8 Å². The monoisotopic (exact) mass is 354 g/mol. The molecule has 0 radical (unpaired) electrons. The van der Waals surface area contributed by atoms with Crippen LogP contribution < -0.4 is 10.0 Å². The molecule has 7 nitrogen and oxygen atoms in total. The normalized spacial score (nSPS) is 14.0. The van der Waals surface area contributed by atoms with Gasteiger partial charge in [0.25, 0.3) is 10.0 Å². The van der Waals surface area contributed by atoms with Crippen LogP contribution in [0.2, 0.25) is 0 Å². The molecule has 1 atom stereocenters. The molecule has 0 bridgehead atoms. The summed E-state index contributed by atoms with van der Waals surface area (Å²) in [6.07, 6.45) is 0.502. The van der Waals surface area contributed by atoms with Crippen LogP contribution in [0.5, 0.6) is 0 Å². The van der Waals surface area contributed by atoms with Gasteiger partial charge < -0.3 is 5.32 Å². The van der Waals surface area contributed by atoms with Crippen molar-refractivity contribution in [2.75, 3.05) is 11.2 Å². The zero-order valence-electron chi connectivity index (χ0n) is 12.3. The summed E-state index contributed by atoms with van der Waals surface area (Å²) >= 11 is 6.53. The summed E-state index contributed by atoms with van der Waals surface area (Å²) in [5, 5.41) is 9.78. The van der Waals surface area contributed by atoms with Crippen molar-refractivity contribution >= 4 is 44.0 Å². The number of hydrogen-bond acceptors (Lipinski definition) is 6. The second-order valence-corrected chi connectivity index (χ2v) is 8.82. The highest BCUT2D eigenvalue weighted by atomic mass is 35.5. The van der Waals surface area contributed by atoms with Crippen LogP contribution in [-0.2, 0) is 14.8 Å². The predicted octanol–water partition coefficient (Wildman–Crippen LogP) is 1.82. The standard InChI is InChI=1S/C11H19ClN4O3S2/c1-7(17)13-9-14-15-10(20-9)21(18,19)16-8(5-6-12)11(2,3)4/h8,16H,5-6H2,1-4H3,(H,13,14,17). The van der Waals surface area contributed by atoms with Gasteiger partial charge in [0.05, 0.1) is 0 Å². The third-order valence-electron chi connectivity index (χ3n) is 2.66. The molecule has 1 aromatic heterocycles. The molecular weight excluding hydrogens is 336 g/mol. The van der Waals surface area contributed by atoms with Crippen LogP contribution in [0, 0.1) is 5.41 Å². The number of halogens is 1. The minimum Gasteiger partial charge on any atom is -0.301 e. The molecule has 1 heterocycles. The average molecular weight is 355 g/mol. The highest BCUT2D eigenvalue weighted by Gasteiger charge is 2.31. The van der Waals surface area contributed by atoms with Gasteiger partial charge in [0.1, 0.15) is 0 Å². The lowest BCUT2D eigenvalue weighted by atomic mass is 9.86. The van der Waals surface area contributed by atoms with Crippen molar-refractivity contribution in [2.24, 2.45) is 5.41 Å². The summed E-state index contributed by atoms with van der Waals surface area (Å²) in [6, 6.07) is -0.326. The number of nitrogens with zero attached hydrogens (tertiary/aromatic N) is 2. The van der Waals surface area contributed by atoms with Crippen molar-refractivity contribution < 1.29 is 13.2 Å². The summed E-state index contributed by atoms with van der Waals surface area (Å²) in [4.78, 5) is 10.9. The molecule has 1 amide bonds. The molecule has 1 aromatic rings. The minimum atomic E-state index is -3.79. The number of hydrogen-bond donors (Lipinski definition) is 2. The van der Waals surface area contributed by atoms with Crippen LogP contribution in [0.3, 0.4) is 0 Å². The summed E-state index contributed by atoms with van der Waals surface area (Å²) < 4.78 is 27.0. The Labute approximate surface area is 133 Å². The molecule has 1 rings (SSSR count). The molecule has 1 unspecified atom stereocenters. The van der Waals surface area contributed by atoms with Gasteiger partial charge in [-0.2, -0.15) is 0 Å². The van der Waals surface area contributed by atoms with Gasteiger partial charge in [0, 0.05) is 18.8 Å². The predicted molar refractivity (Wildman–Crippen MR) is 83.1 cm³/mol. The fourth-order valence-corrected chi connectivity index (χ4v) is 4.19. The summed E-state index contributed by atoms with van der Waals surface area (Å²) in [6.45, 7) is 7.09. The number of anilines is 1. The van der Waals surface area contributed by atoms with Crippen LogP contribution >= 0.6 is 22.9 Å². The van der Waals surface area contributed by atoms with Gasteiger partial charge in [-0.3, -0.25) is 4.79 Å². The van der Waals surface area contributed by atoms with Gasteiger partial charge in [-0.25, -0.2) is 13.1 Å². The van der Waals surface area contributed by atoms with Gasteiger partial charge in [-0.15, -0.1) is 21.8 Å². The SMILES string of the molecule is CC(=O)Nc1nnc(S(=O)(=O)NC(CCCl)C(C)(C)C)s1. The first-order valence-electron chi connectivity index (χ1n) is 6.25. The largest absolute Gasteiger partial charge is 0.301 e. The highest BCUT2D eigenvalue weighted by molar-refractivity contribution is 7.91. The van der Waals surface area contributed by atoms with E-state index >= 15 is 0 Å².